The van der Waals surface area contributed by atoms with Crippen molar-refractivity contribution in [3.05, 3.63) is 66.7 Å². The number of rotatable bonds is 9. The second kappa shape index (κ2) is 10.2. The van der Waals surface area contributed by atoms with Gasteiger partial charge in [0.15, 0.2) is 11.5 Å². The van der Waals surface area contributed by atoms with E-state index in [0.29, 0.717) is 28.7 Å². The van der Waals surface area contributed by atoms with Crippen molar-refractivity contribution in [2.24, 2.45) is 0 Å². The molecule has 3 aromatic rings. The molecule has 7 nitrogen and oxygen atoms in total. The number of carbonyl (C=O) groups excluding carboxylic acids is 1. The Labute approximate surface area is 181 Å². The van der Waals surface area contributed by atoms with E-state index in [0.717, 1.165) is 11.4 Å². The molecule has 2 N–H and O–H groups in total. The molecule has 0 saturated carbocycles. The van der Waals surface area contributed by atoms with Gasteiger partial charge in [-0.15, -0.1) is 0 Å². The fourth-order valence-electron chi connectivity index (χ4n) is 2.88. The molecule has 0 unspecified atom stereocenters. The van der Waals surface area contributed by atoms with Gasteiger partial charge in [0.2, 0.25) is 5.91 Å². The molecule has 1 amide bonds. The molecule has 31 heavy (non-hydrogen) atoms. The molecular weight excluding hydrogens is 396 g/mol. The quantitative estimate of drug-likeness (QED) is 0.508. The van der Waals surface area contributed by atoms with Gasteiger partial charge in [-0.25, -0.2) is 0 Å². The van der Waals surface area contributed by atoms with Crippen LogP contribution in [0.4, 0.5) is 11.4 Å². The van der Waals surface area contributed by atoms with Crippen LogP contribution < -0.4 is 29.6 Å². The minimum Gasteiger partial charge on any atom is -0.497 e. The molecule has 3 rings (SSSR count). The van der Waals surface area contributed by atoms with Gasteiger partial charge in [-0.2, -0.15) is 0 Å². The Kier molecular flexibility index (Phi) is 7.22. The van der Waals surface area contributed by atoms with Crippen LogP contribution >= 0.6 is 0 Å². The zero-order chi connectivity index (χ0) is 22.2. The van der Waals surface area contributed by atoms with Crippen molar-refractivity contribution in [2.75, 3.05) is 32.0 Å². The lowest BCUT2D eigenvalue weighted by Crippen LogP contribution is -2.31. The molecule has 3 aromatic carbocycles. The predicted molar refractivity (Wildman–Crippen MR) is 121 cm³/mol. The number of methoxy groups -OCH3 is 3. The average Bonchev–Trinajstić information content (AvgIpc) is 2.80. The Morgan fingerprint density at radius 1 is 0.742 bits per heavy atom. The summed E-state index contributed by atoms with van der Waals surface area (Å²) in [5.74, 6) is 2.98. The summed E-state index contributed by atoms with van der Waals surface area (Å²) in [7, 11) is 4.77. The topological polar surface area (TPSA) is 78.1 Å². The monoisotopic (exact) mass is 422 g/mol. The van der Waals surface area contributed by atoms with Crippen LogP contribution in [0, 0.1) is 0 Å². The van der Waals surface area contributed by atoms with Crippen LogP contribution in [0.5, 0.6) is 28.7 Å². The van der Waals surface area contributed by atoms with Crippen molar-refractivity contribution in [1.29, 1.82) is 0 Å². The lowest BCUT2D eigenvalue weighted by molar-refractivity contribution is -0.116. The third-order valence-corrected chi connectivity index (χ3v) is 4.56. The van der Waals surface area contributed by atoms with E-state index in [2.05, 4.69) is 10.6 Å². The molecule has 0 fully saturated rings. The summed E-state index contributed by atoms with van der Waals surface area (Å²) in [4.78, 5) is 12.6. The number of amides is 1. The van der Waals surface area contributed by atoms with E-state index in [1.54, 1.807) is 52.5 Å². The summed E-state index contributed by atoms with van der Waals surface area (Å²) < 4.78 is 21.7. The Morgan fingerprint density at radius 3 is 2.13 bits per heavy atom. The molecule has 0 bridgehead atoms. The molecule has 0 aromatic heterocycles. The van der Waals surface area contributed by atoms with Gasteiger partial charge >= 0.3 is 0 Å². The first-order chi connectivity index (χ1) is 15.0. The lowest BCUT2D eigenvalue weighted by atomic mass is 10.2. The SMILES string of the molecule is COc1ccc(Oc2cc(N[C@H](C)C(=O)Nc3cccc(OC)c3)ccc2OC)cc1. The van der Waals surface area contributed by atoms with Crippen LogP contribution in [-0.2, 0) is 4.79 Å². The molecule has 0 heterocycles. The molecule has 162 valence electrons. The Morgan fingerprint density at radius 2 is 1.45 bits per heavy atom. The normalized spacial score (nSPS) is 11.2. The molecule has 0 aliphatic rings. The molecule has 0 radical (unpaired) electrons. The molecule has 7 heteroatoms. The summed E-state index contributed by atoms with van der Waals surface area (Å²) in [5, 5.41) is 6.06. The van der Waals surface area contributed by atoms with Gasteiger partial charge in [0.25, 0.3) is 0 Å². The van der Waals surface area contributed by atoms with E-state index >= 15 is 0 Å². The second-order valence-electron chi connectivity index (χ2n) is 6.73. The van der Waals surface area contributed by atoms with Gasteiger partial charge in [-0.05, 0) is 55.5 Å². The Bertz CT molecular complexity index is 1020. The van der Waals surface area contributed by atoms with Crippen molar-refractivity contribution in [1.82, 2.24) is 0 Å². The molecule has 0 spiro atoms. The largest absolute Gasteiger partial charge is 0.497 e. The summed E-state index contributed by atoms with van der Waals surface area (Å²) >= 11 is 0. The van der Waals surface area contributed by atoms with E-state index in [4.69, 9.17) is 18.9 Å². The average molecular weight is 422 g/mol. The van der Waals surface area contributed by atoms with E-state index in [-0.39, 0.29) is 5.91 Å². The summed E-state index contributed by atoms with van der Waals surface area (Å²) in [5.41, 5.74) is 1.38. The highest BCUT2D eigenvalue weighted by Gasteiger charge is 2.15. The lowest BCUT2D eigenvalue weighted by Gasteiger charge is -2.17. The fraction of sp³-hybridized carbons (Fsp3) is 0.208. The van der Waals surface area contributed by atoms with Crippen LogP contribution in [0.3, 0.4) is 0 Å². The van der Waals surface area contributed by atoms with Crippen molar-refractivity contribution in [3.8, 4) is 28.7 Å². The highest BCUT2D eigenvalue weighted by atomic mass is 16.5. The first-order valence-corrected chi connectivity index (χ1v) is 9.73. The van der Waals surface area contributed by atoms with Gasteiger partial charge in [0.05, 0.1) is 21.3 Å². The number of hydrogen-bond acceptors (Lipinski definition) is 6. The zero-order valence-corrected chi connectivity index (χ0v) is 18.0. The molecule has 1 atom stereocenters. The maximum absolute atomic E-state index is 12.6. The fourth-order valence-corrected chi connectivity index (χ4v) is 2.88. The maximum Gasteiger partial charge on any atom is 0.246 e. The summed E-state index contributed by atoms with van der Waals surface area (Å²) in [6.07, 6.45) is 0. The van der Waals surface area contributed by atoms with E-state index in [9.17, 15) is 4.79 Å². The number of nitrogens with one attached hydrogen (secondary N) is 2. The van der Waals surface area contributed by atoms with Gasteiger partial charge in [0, 0.05) is 23.5 Å². The van der Waals surface area contributed by atoms with Crippen molar-refractivity contribution in [2.45, 2.75) is 13.0 Å². The molecule has 0 saturated heterocycles. The third kappa shape index (κ3) is 5.82. The Hall–Kier alpha value is -3.87. The van der Waals surface area contributed by atoms with E-state index < -0.39 is 6.04 Å². The van der Waals surface area contributed by atoms with Gasteiger partial charge in [-0.3, -0.25) is 4.79 Å². The highest BCUT2D eigenvalue weighted by molar-refractivity contribution is 5.96. The third-order valence-electron chi connectivity index (χ3n) is 4.56. The molecule has 0 aliphatic carbocycles. The number of carbonyl (C=O) groups is 1. The van der Waals surface area contributed by atoms with Crippen LogP contribution in [-0.4, -0.2) is 33.3 Å². The molecule has 0 aliphatic heterocycles. The smallest absolute Gasteiger partial charge is 0.246 e. The number of hydrogen-bond donors (Lipinski definition) is 2. The van der Waals surface area contributed by atoms with Crippen molar-refractivity contribution >= 4 is 17.3 Å². The number of anilines is 2. The van der Waals surface area contributed by atoms with Crippen LogP contribution in [0.25, 0.3) is 0 Å². The van der Waals surface area contributed by atoms with Crippen molar-refractivity contribution < 1.29 is 23.7 Å². The number of ether oxygens (including phenoxy) is 4. The first kappa shape index (κ1) is 21.8. The zero-order valence-electron chi connectivity index (χ0n) is 18.0. The minimum atomic E-state index is -0.492. The minimum absolute atomic E-state index is 0.179. The summed E-state index contributed by atoms with van der Waals surface area (Å²) in [6.45, 7) is 1.78. The second-order valence-corrected chi connectivity index (χ2v) is 6.73. The van der Waals surface area contributed by atoms with Gasteiger partial charge < -0.3 is 29.6 Å². The van der Waals surface area contributed by atoms with Crippen LogP contribution in [0.2, 0.25) is 0 Å². The van der Waals surface area contributed by atoms with Crippen LogP contribution in [0.15, 0.2) is 66.7 Å². The molecular formula is C24H26N2O5. The Balaban J connectivity index is 1.70. The van der Waals surface area contributed by atoms with Gasteiger partial charge in [-0.1, -0.05) is 6.07 Å². The van der Waals surface area contributed by atoms with Crippen molar-refractivity contribution in [3.63, 3.8) is 0 Å². The van der Waals surface area contributed by atoms with Gasteiger partial charge in [0.1, 0.15) is 23.3 Å². The highest BCUT2D eigenvalue weighted by Crippen LogP contribution is 2.34. The van der Waals surface area contributed by atoms with E-state index in [1.165, 1.54) is 0 Å². The first-order valence-electron chi connectivity index (χ1n) is 9.73. The standard InChI is InChI=1S/C24H26N2O5/c1-16(24(27)26-17-6-5-7-21(14-17)29-3)25-18-8-13-22(30-4)23(15-18)31-20-11-9-19(28-2)10-12-20/h5-16,25H,1-4H3,(H,26,27)/t16-/m1/s1. The predicted octanol–water partition coefficient (Wildman–Crippen LogP) is 4.94. The summed E-state index contributed by atoms with van der Waals surface area (Å²) in [6, 6.07) is 19.4. The maximum atomic E-state index is 12.6. The van der Waals surface area contributed by atoms with Crippen LogP contribution in [0.1, 0.15) is 6.92 Å². The van der Waals surface area contributed by atoms with E-state index in [1.807, 2.05) is 42.5 Å². The number of benzene rings is 3.